The number of carbonyl (C=O) groups is 2. The van der Waals surface area contributed by atoms with E-state index in [0.29, 0.717) is 0 Å². The molecule has 1 N–H and O–H groups in total. The van der Waals surface area contributed by atoms with Crippen LogP contribution in [-0.2, 0) is 19.1 Å². The van der Waals surface area contributed by atoms with Crippen LogP contribution in [0.1, 0.15) is 40.0 Å². The van der Waals surface area contributed by atoms with Crippen LogP contribution >= 0.6 is 0 Å². The van der Waals surface area contributed by atoms with Crippen LogP contribution in [0.5, 0.6) is 0 Å². The molecule has 21 heavy (non-hydrogen) atoms. The van der Waals surface area contributed by atoms with E-state index < -0.39 is 42.2 Å². The molecule has 0 aromatic heterocycles. The molecular weight excluding hydrogens is 293 g/mol. The molecule has 2 unspecified atom stereocenters. The van der Waals surface area contributed by atoms with Crippen molar-refractivity contribution >= 4 is 11.9 Å². The molecule has 0 heterocycles. The van der Waals surface area contributed by atoms with Gasteiger partial charge in [-0.3, -0.25) is 9.59 Å². The molecular formula is C13H21F3O5. The SMILES string of the molecule is COC(=O)CCC(CC(=O)OC(C)(C)C)C(O)C(F)(F)F. The van der Waals surface area contributed by atoms with Crippen molar-refractivity contribution in [3.63, 3.8) is 0 Å². The highest BCUT2D eigenvalue weighted by molar-refractivity contribution is 5.71. The molecule has 2 atom stereocenters. The second-order valence-electron chi connectivity index (χ2n) is 5.65. The lowest BCUT2D eigenvalue weighted by molar-refractivity contribution is -0.222. The van der Waals surface area contributed by atoms with E-state index in [2.05, 4.69) is 4.74 Å². The maximum atomic E-state index is 12.6. The summed E-state index contributed by atoms with van der Waals surface area (Å²) in [5.74, 6) is -3.03. The van der Waals surface area contributed by atoms with Gasteiger partial charge in [0.1, 0.15) is 5.60 Å². The minimum Gasteiger partial charge on any atom is -0.469 e. The lowest BCUT2D eigenvalue weighted by Crippen LogP contribution is -2.38. The van der Waals surface area contributed by atoms with Gasteiger partial charge in [0.15, 0.2) is 6.10 Å². The zero-order valence-corrected chi connectivity index (χ0v) is 12.5. The summed E-state index contributed by atoms with van der Waals surface area (Å²) >= 11 is 0. The van der Waals surface area contributed by atoms with Gasteiger partial charge in [-0.15, -0.1) is 0 Å². The normalized spacial score (nSPS) is 15.2. The second-order valence-corrected chi connectivity index (χ2v) is 5.65. The number of aliphatic hydroxyl groups excluding tert-OH is 1. The van der Waals surface area contributed by atoms with Gasteiger partial charge < -0.3 is 14.6 Å². The molecule has 0 aromatic carbocycles. The number of ether oxygens (including phenoxy) is 2. The standard InChI is InChI=1S/C13H21F3O5/c1-12(2,3)21-10(18)7-8(5-6-9(17)20-4)11(19)13(14,15)16/h8,11,19H,5-7H2,1-4H3. The molecule has 0 aromatic rings. The third-order valence-electron chi connectivity index (χ3n) is 2.58. The van der Waals surface area contributed by atoms with Crippen LogP contribution in [0.15, 0.2) is 0 Å². The molecule has 0 aliphatic rings. The Labute approximate surface area is 121 Å². The van der Waals surface area contributed by atoms with Crippen molar-refractivity contribution in [1.29, 1.82) is 0 Å². The molecule has 0 radical (unpaired) electrons. The van der Waals surface area contributed by atoms with Gasteiger partial charge in [0.25, 0.3) is 0 Å². The Hall–Kier alpha value is -1.31. The van der Waals surface area contributed by atoms with E-state index in [4.69, 9.17) is 4.74 Å². The van der Waals surface area contributed by atoms with Gasteiger partial charge in [-0.2, -0.15) is 13.2 Å². The maximum absolute atomic E-state index is 12.6. The largest absolute Gasteiger partial charge is 0.469 e. The smallest absolute Gasteiger partial charge is 0.414 e. The summed E-state index contributed by atoms with van der Waals surface area (Å²) in [5.41, 5.74) is -0.840. The van der Waals surface area contributed by atoms with Gasteiger partial charge in [-0.25, -0.2) is 0 Å². The van der Waals surface area contributed by atoms with Crippen molar-refractivity contribution in [3.05, 3.63) is 0 Å². The summed E-state index contributed by atoms with van der Waals surface area (Å²) in [6.07, 6.45) is -8.85. The molecule has 0 aliphatic carbocycles. The third kappa shape index (κ3) is 8.54. The molecule has 8 heteroatoms. The van der Waals surface area contributed by atoms with Gasteiger partial charge in [0, 0.05) is 12.3 Å². The molecule has 0 rings (SSSR count). The van der Waals surface area contributed by atoms with Crippen LogP contribution in [0.2, 0.25) is 0 Å². The van der Waals surface area contributed by atoms with E-state index in [0.717, 1.165) is 7.11 Å². The molecule has 124 valence electrons. The van der Waals surface area contributed by atoms with E-state index in [1.165, 1.54) is 0 Å². The van der Waals surface area contributed by atoms with Crippen molar-refractivity contribution in [2.24, 2.45) is 5.92 Å². The predicted molar refractivity (Wildman–Crippen MR) is 67.3 cm³/mol. The molecule has 0 spiro atoms. The number of rotatable bonds is 6. The average Bonchev–Trinajstić information content (AvgIpc) is 2.29. The maximum Gasteiger partial charge on any atom is 0.414 e. The Kier molecular flexibility index (Phi) is 7.15. The fraction of sp³-hybridized carbons (Fsp3) is 0.846. The second kappa shape index (κ2) is 7.63. The number of aliphatic hydroxyl groups is 1. The first-order chi connectivity index (χ1) is 9.36. The number of methoxy groups -OCH3 is 1. The summed E-state index contributed by atoms with van der Waals surface area (Å²) in [5, 5.41) is 9.29. The Balaban J connectivity index is 4.80. The van der Waals surface area contributed by atoms with Crippen LogP contribution in [0, 0.1) is 5.92 Å². The molecule has 5 nitrogen and oxygen atoms in total. The number of esters is 2. The van der Waals surface area contributed by atoms with Crippen molar-refractivity contribution in [2.45, 2.75) is 57.9 Å². The summed E-state index contributed by atoms with van der Waals surface area (Å²) in [6.45, 7) is 4.73. The summed E-state index contributed by atoms with van der Waals surface area (Å²) in [4.78, 5) is 22.6. The monoisotopic (exact) mass is 314 g/mol. The van der Waals surface area contributed by atoms with Crippen LogP contribution in [0.25, 0.3) is 0 Å². The first-order valence-corrected chi connectivity index (χ1v) is 6.40. The molecule has 0 fully saturated rings. The number of halogens is 3. The Morgan fingerprint density at radius 2 is 1.67 bits per heavy atom. The van der Waals surface area contributed by atoms with Crippen molar-refractivity contribution in [3.8, 4) is 0 Å². The quantitative estimate of drug-likeness (QED) is 0.761. The predicted octanol–water partition coefficient (Wildman–Crippen LogP) is 2.21. The van der Waals surface area contributed by atoms with Crippen LogP contribution < -0.4 is 0 Å². The fourth-order valence-corrected chi connectivity index (χ4v) is 1.64. The van der Waals surface area contributed by atoms with Gasteiger partial charge in [0.05, 0.1) is 13.5 Å². The zero-order chi connectivity index (χ0) is 16.8. The van der Waals surface area contributed by atoms with E-state index >= 15 is 0 Å². The highest BCUT2D eigenvalue weighted by Gasteiger charge is 2.44. The van der Waals surface area contributed by atoms with Crippen molar-refractivity contribution < 1.29 is 37.3 Å². The minimum atomic E-state index is -4.87. The van der Waals surface area contributed by atoms with Gasteiger partial charge in [-0.05, 0) is 27.2 Å². The Bertz CT molecular complexity index is 360. The highest BCUT2D eigenvalue weighted by atomic mass is 19.4. The number of carbonyl (C=O) groups excluding carboxylic acids is 2. The first-order valence-electron chi connectivity index (χ1n) is 6.40. The average molecular weight is 314 g/mol. The number of hydrogen-bond acceptors (Lipinski definition) is 5. The fourth-order valence-electron chi connectivity index (χ4n) is 1.64. The van der Waals surface area contributed by atoms with Crippen molar-refractivity contribution in [2.75, 3.05) is 7.11 Å². The Morgan fingerprint density at radius 1 is 1.14 bits per heavy atom. The molecule has 0 bridgehead atoms. The molecule has 0 saturated carbocycles. The van der Waals surface area contributed by atoms with Crippen molar-refractivity contribution in [1.82, 2.24) is 0 Å². The first kappa shape index (κ1) is 19.7. The van der Waals surface area contributed by atoms with Gasteiger partial charge >= 0.3 is 18.1 Å². The molecule has 0 amide bonds. The number of hydrogen-bond donors (Lipinski definition) is 1. The third-order valence-corrected chi connectivity index (χ3v) is 2.58. The topological polar surface area (TPSA) is 72.8 Å². The summed E-state index contributed by atoms with van der Waals surface area (Å²) < 4.78 is 47.0. The highest BCUT2D eigenvalue weighted by Crippen LogP contribution is 2.30. The number of alkyl halides is 3. The summed E-state index contributed by atoms with van der Waals surface area (Å²) in [6, 6.07) is 0. The minimum absolute atomic E-state index is 0.322. The Morgan fingerprint density at radius 3 is 2.05 bits per heavy atom. The van der Waals surface area contributed by atoms with E-state index in [1.807, 2.05) is 0 Å². The lowest BCUT2D eigenvalue weighted by atomic mass is 9.92. The zero-order valence-electron chi connectivity index (χ0n) is 12.5. The van der Waals surface area contributed by atoms with E-state index in [1.54, 1.807) is 20.8 Å². The van der Waals surface area contributed by atoms with Crippen LogP contribution in [0.4, 0.5) is 13.2 Å². The van der Waals surface area contributed by atoms with Gasteiger partial charge in [0.2, 0.25) is 0 Å². The molecule has 0 saturated heterocycles. The van der Waals surface area contributed by atoms with Gasteiger partial charge in [-0.1, -0.05) is 0 Å². The lowest BCUT2D eigenvalue weighted by Gasteiger charge is -2.26. The van der Waals surface area contributed by atoms with Crippen LogP contribution in [0.3, 0.4) is 0 Å². The summed E-state index contributed by atoms with van der Waals surface area (Å²) in [7, 11) is 1.10. The van der Waals surface area contributed by atoms with E-state index in [-0.39, 0.29) is 12.8 Å². The van der Waals surface area contributed by atoms with E-state index in [9.17, 15) is 27.9 Å². The van der Waals surface area contributed by atoms with Crippen LogP contribution in [-0.4, -0.2) is 42.0 Å². The molecule has 0 aliphatic heterocycles.